The number of nitrogens with zero attached hydrogens (tertiary/aromatic N) is 2. The number of carboxylic acids is 1. The maximum atomic E-state index is 13.0. The highest BCUT2D eigenvalue weighted by Crippen LogP contribution is 2.19. The van der Waals surface area contributed by atoms with E-state index >= 15 is 0 Å². The molecule has 2 aromatic carbocycles. The van der Waals surface area contributed by atoms with Crippen LogP contribution in [0.25, 0.3) is 21.8 Å². The summed E-state index contributed by atoms with van der Waals surface area (Å²) < 4.78 is 1.25. The number of carbonyl (C=O) groups is 2. The zero-order chi connectivity index (χ0) is 22.0. The zero-order valence-electron chi connectivity index (χ0n) is 16.9. The van der Waals surface area contributed by atoms with Crippen LogP contribution in [0.1, 0.15) is 24.9 Å². The number of hydrogen-bond acceptors (Lipinski definition) is 5. The van der Waals surface area contributed by atoms with E-state index in [1.54, 1.807) is 37.4 Å². The largest absolute Gasteiger partial charge is 0.548 e. The Labute approximate surface area is 177 Å². The SMILES string of the molecule is CC[C@@H](C(=O)N[C@@H](Cc1c[nH]c2ccccc12)C(=O)[O-])n1cnc2ccccc2c1=O. The summed E-state index contributed by atoms with van der Waals surface area (Å²) in [5.74, 6) is -1.96. The van der Waals surface area contributed by atoms with Crippen LogP contribution in [-0.4, -0.2) is 32.5 Å². The molecule has 2 atom stereocenters. The average Bonchev–Trinajstić information content (AvgIpc) is 3.18. The molecule has 4 aromatic rings. The van der Waals surface area contributed by atoms with Crippen molar-refractivity contribution in [3.63, 3.8) is 0 Å². The molecule has 0 radical (unpaired) electrons. The van der Waals surface area contributed by atoms with Crippen LogP contribution < -0.4 is 16.0 Å². The number of nitrogens with one attached hydrogen (secondary N) is 2. The molecule has 0 aliphatic heterocycles. The number of amides is 1. The van der Waals surface area contributed by atoms with Crippen LogP contribution in [0.2, 0.25) is 0 Å². The number of hydrogen-bond donors (Lipinski definition) is 2. The molecule has 0 saturated heterocycles. The van der Waals surface area contributed by atoms with Crippen molar-refractivity contribution in [2.24, 2.45) is 0 Å². The summed E-state index contributed by atoms with van der Waals surface area (Å²) in [4.78, 5) is 45.0. The Morgan fingerprint density at radius 2 is 1.84 bits per heavy atom. The Morgan fingerprint density at radius 1 is 1.13 bits per heavy atom. The van der Waals surface area contributed by atoms with Crippen LogP contribution in [0.3, 0.4) is 0 Å². The molecule has 31 heavy (non-hydrogen) atoms. The van der Waals surface area contributed by atoms with Crippen LogP contribution in [0, 0.1) is 0 Å². The summed E-state index contributed by atoms with van der Waals surface area (Å²) in [6.07, 6.45) is 3.39. The van der Waals surface area contributed by atoms with Crippen molar-refractivity contribution >= 4 is 33.7 Å². The van der Waals surface area contributed by atoms with Crippen molar-refractivity contribution in [3.05, 3.63) is 77.0 Å². The van der Waals surface area contributed by atoms with Gasteiger partial charge in [-0.2, -0.15) is 0 Å². The fourth-order valence-corrected chi connectivity index (χ4v) is 3.80. The Bertz CT molecular complexity index is 1320. The highest BCUT2D eigenvalue weighted by Gasteiger charge is 2.24. The lowest BCUT2D eigenvalue weighted by atomic mass is 10.0. The quantitative estimate of drug-likeness (QED) is 0.470. The van der Waals surface area contributed by atoms with E-state index in [9.17, 15) is 19.5 Å². The predicted molar refractivity (Wildman–Crippen MR) is 114 cm³/mol. The monoisotopic (exact) mass is 417 g/mol. The third-order valence-corrected chi connectivity index (χ3v) is 5.42. The van der Waals surface area contributed by atoms with E-state index in [1.807, 2.05) is 24.3 Å². The van der Waals surface area contributed by atoms with Gasteiger partial charge in [-0.1, -0.05) is 37.3 Å². The van der Waals surface area contributed by atoms with Crippen LogP contribution in [-0.2, 0) is 16.0 Å². The number of aromatic amines is 1. The first-order chi connectivity index (χ1) is 15.0. The van der Waals surface area contributed by atoms with Crippen molar-refractivity contribution < 1.29 is 14.7 Å². The molecule has 8 heteroatoms. The zero-order valence-corrected chi connectivity index (χ0v) is 16.9. The van der Waals surface area contributed by atoms with Crippen molar-refractivity contribution in [1.82, 2.24) is 19.9 Å². The second-order valence-corrected chi connectivity index (χ2v) is 7.34. The summed E-state index contributed by atoms with van der Waals surface area (Å²) >= 11 is 0. The molecule has 1 amide bonds. The molecule has 0 bridgehead atoms. The number of carbonyl (C=O) groups excluding carboxylic acids is 2. The van der Waals surface area contributed by atoms with Gasteiger partial charge in [0, 0.05) is 23.5 Å². The molecule has 2 N–H and O–H groups in total. The number of fused-ring (bicyclic) bond motifs is 2. The summed E-state index contributed by atoms with van der Waals surface area (Å²) in [5, 5.41) is 15.6. The number of H-pyrrole nitrogens is 1. The van der Waals surface area contributed by atoms with Gasteiger partial charge in [-0.3, -0.25) is 14.2 Å². The Hall–Kier alpha value is -3.94. The van der Waals surface area contributed by atoms with E-state index in [2.05, 4.69) is 15.3 Å². The van der Waals surface area contributed by atoms with Crippen LogP contribution in [0.4, 0.5) is 0 Å². The lowest BCUT2D eigenvalue weighted by molar-refractivity contribution is -0.308. The number of aromatic nitrogens is 3. The van der Waals surface area contributed by atoms with Gasteiger partial charge in [0.15, 0.2) is 0 Å². The number of aliphatic carboxylic acids is 1. The van der Waals surface area contributed by atoms with E-state index in [1.165, 1.54) is 10.9 Å². The smallest absolute Gasteiger partial charge is 0.261 e. The van der Waals surface area contributed by atoms with Gasteiger partial charge in [0.2, 0.25) is 5.91 Å². The number of benzene rings is 2. The lowest BCUT2D eigenvalue weighted by Gasteiger charge is -2.24. The topological polar surface area (TPSA) is 120 Å². The third kappa shape index (κ3) is 3.92. The Balaban J connectivity index is 1.60. The van der Waals surface area contributed by atoms with Gasteiger partial charge in [0.25, 0.3) is 5.56 Å². The molecular weight excluding hydrogens is 396 g/mol. The minimum Gasteiger partial charge on any atom is -0.548 e. The standard InChI is InChI=1S/C23H22N4O4/c1-2-20(27-13-25-18-10-6-4-8-16(18)22(27)29)21(28)26-19(23(30)31)11-14-12-24-17-9-5-3-7-15(14)17/h3-10,12-13,19-20,24H,2,11H2,1H3,(H,26,28)(H,30,31)/p-1/t19-,20-/m0/s1. The highest BCUT2D eigenvalue weighted by molar-refractivity contribution is 5.87. The summed E-state index contributed by atoms with van der Waals surface area (Å²) in [5.41, 5.74) is 1.81. The fourth-order valence-electron chi connectivity index (χ4n) is 3.80. The molecule has 0 fully saturated rings. The minimum atomic E-state index is -1.39. The van der Waals surface area contributed by atoms with E-state index in [-0.39, 0.29) is 12.0 Å². The number of para-hydroxylation sites is 2. The van der Waals surface area contributed by atoms with Crippen molar-refractivity contribution in [2.45, 2.75) is 31.8 Å². The first-order valence-corrected chi connectivity index (χ1v) is 10.0. The van der Waals surface area contributed by atoms with Crippen molar-refractivity contribution in [2.75, 3.05) is 0 Å². The summed E-state index contributed by atoms with van der Waals surface area (Å²) in [7, 11) is 0. The first-order valence-electron chi connectivity index (χ1n) is 10.0. The van der Waals surface area contributed by atoms with Crippen molar-refractivity contribution in [3.8, 4) is 0 Å². The van der Waals surface area contributed by atoms with Gasteiger partial charge in [-0.25, -0.2) is 4.98 Å². The predicted octanol–water partition coefficient (Wildman–Crippen LogP) is 1.31. The molecule has 8 nitrogen and oxygen atoms in total. The molecule has 0 spiro atoms. The Kier molecular flexibility index (Phi) is 5.53. The minimum absolute atomic E-state index is 0.0550. The number of carboxylic acid groups (broad SMARTS) is 1. The molecule has 0 aliphatic rings. The van der Waals surface area contributed by atoms with E-state index in [0.717, 1.165) is 16.5 Å². The Morgan fingerprint density at radius 3 is 2.58 bits per heavy atom. The van der Waals surface area contributed by atoms with Crippen molar-refractivity contribution in [1.29, 1.82) is 0 Å². The van der Waals surface area contributed by atoms with Gasteiger partial charge in [-0.15, -0.1) is 0 Å². The molecular formula is C23H21N4O4-. The second kappa shape index (κ2) is 8.43. The van der Waals surface area contributed by atoms with Gasteiger partial charge in [0.1, 0.15) is 6.04 Å². The lowest BCUT2D eigenvalue weighted by Crippen LogP contribution is -2.51. The van der Waals surface area contributed by atoms with Gasteiger partial charge >= 0.3 is 0 Å². The van der Waals surface area contributed by atoms with Crippen LogP contribution in [0.15, 0.2) is 65.8 Å². The second-order valence-electron chi connectivity index (χ2n) is 7.34. The van der Waals surface area contributed by atoms with Crippen LogP contribution in [0.5, 0.6) is 0 Å². The molecule has 4 rings (SSSR count). The van der Waals surface area contributed by atoms with Crippen LogP contribution >= 0.6 is 0 Å². The maximum absolute atomic E-state index is 13.0. The fraction of sp³-hybridized carbons (Fsp3) is 0.217. The van der Waals surface area contributed by atoms with E-state index in [4.69, 9.17) is 0 Å². The average molecular weight is 417 g/mol. The maximum Gasteiger partial charge on any atom is 0.261 e. The normalized spacial score (nSPS) is 13.2. The molecule has 0 aliphatic carbocycles. The molecule has 2 aromatic heterocycles. The first kappa shape index (κ1) is 20.3. The van der Waals surface area contributed by atoms with Gasteiger partial charge < -0.3 is 20.2 Å². The summed E-state index contributed by atoms with van der Waals surface area (Å²) in [6.45, 7) is 1.75. The van der Waals surface area contributed by atoms with Gasteiger partial charge in [0.05, 0.1) is 29.2 Å². The van der Waals surface area contributed by atoms with E-state index < -0.39 is 24.0 Å². The molecule has 0 saturated carbocycles. The van der Waals surface area contributed by atoms with Gasteiger partial charge in [-0.05, 0) is 30.2 Å². The number of rotatable bonds is 7. The highest BCUT2D eigenvalue weighted by atomic mass is 16.4. The molecule has 2 heterocycles. The summed E-state index contributed by atoms with van der Waals surface area (Å²) in [6, 6.07) is 12.2. The van der Waals surface area contributed by atoms with E-state index in [0.29, 0.717) is 17.3 Å². The molecule has 0 unspecified atom stereocenters. The third-order valence-electron chi connectivity index (χ3n) is 5.42. The molecule has 158 valence electrons.